The zero-order valence-electron chi connectivity index (χ0n) is 19.9. The molecule has 4 rings (SSSR count). The van der Waals surface area contributed by atoms with Crippen LogP contribution >= 0.6 is 11.6 Å². The van der Waals surface area contributed by atoms with Gasteiger partial charge in [-0.3, -0.25) is 9.69 Å². The van der Waals surface area contributed by atoms with Crippen LogP contribution in [0.4, 0.5) is 10.5 Å². The molecule has 0 spiro atoms. The molecule has 1 saturated heterocycles. The van der Waals surface area contributed by atoms with Crippen LogP contribution in [0.5, 0.6) is 5.75 Å². The van der Waals surface area contributed by atoms with E-state index in [9.17, 15) is 14.4 Å². The third-order valence-corrected chi connectivity index (χ3v) is 5.85. The molecule has 1 aromatic heterocycles. The molecule has 0 atom stereocenters. The average molecular weight is 510 g/mol. The van der Waals surface area contributed by atoms with Crippen molar-refractivity contribution in [2.75, 3.05) is 26.1 Å². The molecule has 0 saturated carbocycles. The number of urea groups is 1. The SMILES string of the molecule is COC(=O)c1ccc(CN2C(=O)N/C(=C\c3ccc(N(C)C)cc3OCc3ccccc3Cl)C2=O)o1. The number of benzene rings is 2. The number of furan rings is 1. The summed E-state index contributed by atoms with van der Waals surface area (Å²) in [7, 11) is 5.05. The maximum Gasteiger partial charge on any atom is 0.373 e. The summed E-state index contributed by atoms with van der Waals surface area (Å²) in [6.07, 6.45) is 1.56. The molecule has 1 aliphatic rings. The van der Waals surface area contributed by atoms with Gasteiger partial charge in [0.2, 0.25) is 5.76 Å². The predicted molar refractivity (Wildman–Crippen MR) is 134 cm³/mol. The number of carbonyl (C=O) groups excluding carboxylic acids is 3. The minimum Gasteiger partial charge on any atom is -0.488 e. The third kappa shape index (κ3) is 5.36. The first-order valence-corrected chi connectivity index (χ1v) is 11.3. The molecule has 10 heteroatoms. The Morgan fingerprint density at radius 2 is 1.92 bits per heavy atom. The summed E-state index contributed by atoms with van der Waals surface area (Å²) >= 11 is 6.26. The zero-order chi connectivity index (χ0) is 25.8. The first-order chi connectivity index (χ1) is 17.3. The molecule has 0 aliphatic carbocycles. The molecule has 186 valence electrons. The minimum absolute atomic E-state index is 0.0170. The van der Waals surface area contributed by atoms with E-state index in [4.69, 9.17) is 20.8 Å². The van der Waals surface area contributed by atoms with Gasteiger partial charge in [-0.15, -0.1) is 0 Å². The van der Waals surface area contributed by atoms with E-state index in [-0.39, 0.29) is 30.4 Å². The molecule has 2 heterocycles. The Bertz CT molecular complexity index is 1350. The van der Waals surface area contributed by atoms with Crippen molar-refractivity contribution in [1.82, 2.24) is 10.2 Å². The van der Waals surface area contributed by atoms with E-state index in [1.165, 1.54) is 19.2 Å². The normalized spacial score (nSPS) is 14.2. The third-order valence-electron chi connectivity index (χ3n) is 5.48. The highest BCUT2D eigenvalue weighted by Crippen LogP contribution is 2.29. The quantitative estimate of drug-likeness (QED) is 0.272. The molecule has 1 fully saturated rings. The van der Waals surface area contributed by atoms with Gasteiger partial charge in [0.05, 0.1) is 13.7 Å². The number of halogens is 1. The summed E-state index contributed by atoms with van der Waals surface area (Å²) in [5.41, 5.74) is 2.40. The Kier molecular flexibility index (Phi) is 7.30. The number of amides is 3. The van der Waals surface area contributed by atoms with Gasteiger partial charge in [-0.2, -0.15) is 0 Å². The number of ether oxygens (including phenoxy) is 2. The fourth-order valence-electron chi connectivity index (χ4n) is 3.52. The van der Waals surface area contributed by atoms with Crippen LogP contribution in [0.2, 0.25) is 5.02 Å². The Morgan fingerprint density at radius 1 is 1.14 bits per heavy atom. The number of hydrogen-bond acceptors (Lipinski definition) is 7. The lowest BCUT2D eigenvalue weighted by atomic mass is 10.1. The van der Waals surface area contributed by atoms with E-state index in [1.54, 1.807) is 12.1 Å². The molecule has 0 radical (unpaired) electrons. The Labute approximate surface area is 212 Å². The zero-order valence-corrected chi connectivity index (χ0v) is 20.7. The van der Waals surface area contributed by atoms with Gasteiger partial charge in [0.15, 0.2) is 0 Å². The molecule has 36 heavy (non-hydrogen) atoms. The summed E-state index contributed by atoms with van der Waals surface area (Å²) in [6.45, 7) is 0.0780. The van der Waals surface area contributed by atoms with Gasteiger partial charge in [-0.1, -0.05) is 29.8 Å². The molecule has 0 unspecified atom stereocenters. The van der Waals surface area contributed by atoms with E-state index in [0.717, 1.165) is 16.2 Å². The summed E-state index contributed by atoms with van der Waals surface area (Å²) in [5, 5.41) is 3.18. The lowest BCUT2D eigenvalue weighted by molar-refractivity contribution is -0.123. The number of hydrogen-bond donors (Lipinski definition) is 1. The van der Waals surface area contributed by atoms with Crippen molar-refractivity contribution < 1.29 is 28.3 Å². The van der Waals surface area contributed by atoms with E-state index in [0.29, 0.717) is 16.3 Å². The fourth-order valence-corrected chi connectivity index (χ4v) is 3.71. The van der Waals surface area contributed by atoms with Gasteiger partial charge in [0.25, 0.3) is 5.91 Å². The number of imide groups is 1. The van der Waals surface area contributed by atoms with Crippen LogP contribution < -0.4 is 15.0 Å². The van der Waals surface area contributed by atoms with Crippen LogP contribution in [0.15, 0.2) is 64.7 Å². The first-order valence-electron chi connectivity index (χ1n) is 11.0. The molecular formula is C26H24ClN3O6. The van der Waals surface area contributed by atoms with Crippen molar-refractivity contribution in [3.05, 3.63) is 88.0 Å². The highest BCUT2D eigenvalue weighted by molar-refractivity contribution is 6.31. The topological polar surface area (TPSA) is 101 Å². The van der Waals surface area contributed by atoms with Crippen molar-refractivity contribution in [3.8, 4) is 5.75 Å². The van der Waals surface area contributed by atoms with Crippen molar-refractivity contribution >= 4 is 41.3 Å². The summed E-state index contributed by atoms with van der Waals surface area (Å²) in [6, 6.07) is 15.2. The fraction of sp³-hybridized carbons (Fsp3) is 0.192. The second kappa shape index (κ2) is 10.6. The number of anilines is 1. The summed E-state index contributed by atoms with van der Waals surface area (Å²) in [5.74, 6) is -0.423. The molecule has 0 bridgehead atoms. The minimum atomic E-state index is -0.649. The molecular weight excluding hydrogens is 486 g/mol. The van der Waals surface area contributed by atoms with Crippen molar-refractivity contribution in [1.29, 1.82) is 0 Å². The highest BCUT2D eigenvalue weighted by atomic mass is 35.5. The first kappa shape index (κ1) is 24.9. The molecule has 3 amide bonds. The maximum atomic E-state index is 13.0. The van der Waals surface area contributed by atoms with E-state index in [1.807, 2.05) is 55.4 Å². The smallest absolute Gasteiger partial charge is 0.373 e. The second-order valence-electron chi connectivity index (χ2n) is 8.13. The molecule has 1 N–H and O–H groups in total. The van der Waals surface area contributed by atoms with Gasteiger partial charge < -0.3 is 24.1 Å². The van der Waals surface area contributed by atoms with E-state index in [2.05, 4.69) is 10.1 Å². The van der Waals surface area contributed by atoms with E-state index < -0.39 is 17.9 Å². The van der Waals surface area contributed by atoms with Crippen LogP contribution in [-0.2, 0) is 22.7 Å². The largest absolute Gasteiger partial charge is 0.488 e. The van der Waals surface area contributed by atoms with Crippen LogP contribution in [0.1, 0.15) is 27.4 Å². The van der Waals surface area contributed by atoms with Gasteiger partial charge in [-0.25, -0.2) is 9.59 Å². The highest BCUT2D eigenvalue weighted by Gasteiger charge is 2.34. The monoisotopic (exact) mass is 509 g/mol. The lowest BCUT2D eigenvalue weighted by Crippen LogP contribution is -2.30. The molecule has 3 aromatic rings. The van der Waals surface area contributed by atoms with Crippen molar-refractivity contribution in [2.24, 2.45) is 0 Å². The number of nitrogens with one attached hydrogen (secondary N) is 1. The Balaban J connectivity index is 1.57. The Morgan fingerprint density at radius 3 is 2.64 bits per heavy atom. The maximum absolute atomic E-state index is 13.0. The Hall–Kier alpha value is -4.24. The van der Waals surface area contributed by atoms with Crippen LogP contribution in [0.3, 0.4) is 0 Å². The van der Waals surface area contributed by atoms with Gasteiger partial charge >= 0.3 is 12.0 Å². The molecule has 2 aromatic carbocycles. The van der Waals surface area contributed by atoms with Crippen LogP contribution in [0, 0.1) is 0 Å². The second-order valence-corrected chi connectivity index (χ2v) is 8.54. The van der Waals surface area contributed by atoms with Crippen molar-refractivity contribution in [3.63, 3.8) is 0 Å². The lowest BCUT2D eigenvalue weighted by Gasteiger charge is -2.17. The van der Waals surface area contributed by atoms with Crippen LogP contribution in [0.25, 0.3) is 6.08 Å². The number of nitrogens with zero attached hydrogens (tertiary/aromatic N) is 2. The molecule has 9 nitrogen and oxygen atoms in total. The summed E-state index contributed by atoms with van der Waals surface area (Å²) in [4.78, 5) is 40.1. The van der Waals surface area contributed by atoms with Gasteiger partial charge in [0.1, 0.15) is 23.8 Å². The summed E-state index contributed by atoms with van der Waals surface area (Å²) < 4.78 is 16.1. The van der Waals surface area contributed by atoms with Crippen LogP contribution in [-0.4, -0.2) is 44.0 Å². The number of rotatable bonds is 8. The van der Waals surface area contributed by atoms with Gasteiger partial charge in [-0.05, 0) is 36.4 Å². The standard InChI is InChI=1S/C26H24ClN3O6/c1-29(2)18-9-8-16(23(13-18)35-15-17-6-4-5-7-20(17)27)12-21-24(31)30(26(33)28-21)14-19-10-11-22(36-19)25(32)34-3/h4-13H,14-15H2,1-3H3,(H,28,33)/b21-12-. The van der Waals surface area contributed by atoms with Crippen molar-refractivity contribution in [2.45, 2.75) is 13.2 Å². The molecule has 1 aliphatic heterocycles. The predicted octanol–water partition coefficient (Wildman–Crippen LogP) is 4.46. The number of esters is 1. The van der Waals surface area contributed by atoms with E-state index >= 15 is 0 Å². The number of methoxy groups -OCH3 is 1. The number of carbonyl (C=O) groups is 3. The average Bonchev–Trinajstić information content (AvgIpc) is 3.44. The van der Waals surface area contributed by atoms with Gasteiger partial charge in [0, 0.05) is 42.0 Å².